The lowest BCUT2D eigenvalue weighted by Gasteiger charge is -2.38. The molecule has 1 aliphatic heterocycles. The first-order valence-electron chi connectivity index (χ1n) is 4.36. The number of alkyl halides is 2. The van der Waals surface area contributed by atoms with Crippen LogP contribution < -0.4 is 5.32 Å². The Labute approximate surface area is 76.1 Å². The van der Waals surface area contributed by atoms with Crippen molar-refractivity contribution in [3.63, 3.8) is 0 Å². The van der Waals surface area contributed by atoms with Crippen LogP contribution in [-0.4, -0.2) is 42.4 Å². The van der Waals surface area contributed by atoms with Crippen molar-refractivity contribution < 1.29 is 13.6 Å². The number of hydrogen-bond acceptors (Lipinski definition) is 2. The Bertz CT molecular complexity index is 199. The molecule has 0 saturated carbocycles. The van der Waals surface area contributed by atoms with Gasteiger partial charge in [0.1, 0.15) is 0 Å². The summed E-state index contributed by atoms with van der Waals surface area (Å²) in [6, 6.07) is -0.0771. The molecular weight excluding hydrogens is 178 g/mol. The van der Waals surface area contributed by atoms with Crippen molar-refractivity contribution in [3.8, 4) is 0 Å². The van der Waals surface area contributed by atoms with Crippen LogP contribution >= 0.6 is 0 Å². The van der Waals surface area contributed by atoms with Gasteiger partial charge in [-0.25, -0.2) is 0 Å². The van der Waals surface area contributed by atoms with Crippen molar-refractivity contribution in [1.82, 2.24) is 10.2 Å². The molecule has 0 aromatic heterocycles. The second kappa shape index (κ2) is 4.00. The lowest BCUT2D eigenvalue weighted by molar-refractivity contribution is -0.146. The molecule has 1 heterocycles. The van der Waals surface area contributed by atoms with Gasteiger partial charge in [0.2, 0.25) is 0 Å². The number of carbonyl (C=O) groups is 1. The molecule has 0 radical (unpaired) electrons. The van der Waals surface area contributed by atoms with Gasteiger partial charge in [0, 0.05) is 25.2 Å². The number of amides is 1. The Hall–Kier alpha value is -0.710. The fourth-order valence-corrected chi connectivity index (χ4v) is 1.49. The lowest BCUT2D eigenvalue weighted by atomic mass is 10.1. The summed E-state index contributed by atoms with van der Waals surface area (Å²) >= 11 is 0. The van der Waals surface area contributed by atoms with E-state index in [-0.39, 0.29) is 12.1 Å². The molecule has 1 amide bonds. The summed E-state index contributed by atoms with van der Waals surface area (Å²) in [5, 5.41) is 3.12. The van der Waals surface area contributed by atoms with Crippen LogP contribution in [0.2, 0.25) is 0 Å². The zero-order valence-corrected chi connectivity index (χ0v) is 7.76. The van der Waals surface area contributed by atoms with E-state index in [0.717, 1.165) is 0 Å². The molecule has 1 rings (SSSR count). The monoisotopic (exact) mass is 192 g/mol. The molecule has 1 aliphatic rings. The van der Waals surface area contributed by atoms with E-state index in [1.54, 1.807) is 6.92 Å². The summed E-state index contributed by atoms with van der Waals surface area (Å²) in [5.41, 5.74) is 0. The topological polar surface area (TPSA) is 32.3 Å². The minimum Gasteiger partial charge on any atom is -0.332 e. The van der Waals surface area contributed by atoms with Gasteiger partial charge >= 0.3 is 6.43 Å². The summed E-state index contributed by atoms with van der Waals surface area (Å²) in [4.78, 5) is 12.2. The molecule has 1 saturated heterocycles. The van der Waals surface area contributed by atoms with E-state index < -0.39 is 12.3 Å². The van der Waals surface area contributed by atoms with Gasteiger partial charge in [0.15, 0.2) is 0 Å². The van der Waals surface area contributed by atoms with Crippen molar-refractivity contribution in [1.29, 1.82) is 0 Å². The van der Waals surface area contributed by atoms with E-state index in [1.807, 2.05) is 6.92 Å². The van der Waals surface area contributed by atoms with Gasteiger partial charge in [-0.2, -0.15) is 8.78 Å². The molecular formula is C8H14F2N2O. The first-order chi connectivity index (χ1) is 6.04. The predicted octanol–water partition coefficient (Wildman–Crippen LogP) is 0.460. The molecule has 2 unspecified atom stereocenters. The third-order valence-electron chi connectivity index (χ3n) is 2.50. The van der Waals surface area contributed by atoms with Gasteiger partial charge in [-0.05, 0) is 13.8 Å². The van der Waals surface area contributed by atoms with Gasteiger partial charge in [-0.1, -0.05) is 0 Å². The molecule has 3 nitrogen and oxygen atoms in total. The number of hydrogen-bond donors (Lipinski definition) is 1. The highest BCUT2D eigenvalue weighted by atomic mass is 19.3. The zero-order valence-electron chi connectivity index (χ0n) is 7.76. The van der Waals surface area contributed by atoms with Gasteiger partial charge in [0.05, 0.1) is 0 Å². The average molecular weight is 192 g/mol. The van der Waals surface area contributed by atoms with E-state index >= 15 is 0 Å². The number of halogens is 2. The van der Waals surface area contributed by atoms with Crippen LogP contribution in [0, 0.1) is 0 Å². The molecule has 13 heavy (non-hydrogen) atoms. The summed E-state index contributed by atoms with van der Waals surface area (Å²) in [6.07, 6.45) is -2.88. The number of carbonyl (C=O) groups excluding carboxylic acids is 1. The van der Waals surface area contributed by atoms with Crippen LogP contribution in [0.4, 0.5) is 8.78 Å². The summed E-state index contributed by atoms with van der Waals surface area (Å²) in [7, 11) is 0. The average Bonchev–Trinajstić information content (AvgIpc) is 2.08. The highest BCUT2D eigenvalue weighted by molar-refractivity contribution is 5.79. The van der Waals surface area contributed by atoms with Gasteiger partial charge < -0.3 is 10.2 Å². The third-order valence-corrected chi connectivity index (χ3v) is 2.50. The second-order valence-electron chi connectivity index (χ2n) is 3.32. The SMILES string of the molecule is CC1NCCN(C(=O)C(F)F)C1C. The molecule has 76 valence electrons. The smallest absolute Gasteiger partial charge is 0.315 e. The summed E-state index contributed by atoms with van der Waals surface area (Å²) in [5.74, 6) is -1.05. The fraction of sp³-hybridized carbons (Fsp3) is 0.875. The molecule has 0 aliphatic carbocycles. The van der Waals surface area contributed by atoms with Crippen molar-refractivity contribution in [2.24, 2.45) is 0 Å². The normalized spacial score (nSPS) is 29.5. The van der Waals surface area contributed by atoms with Crippen molar-refractivity contribution >= 4 is 5.91 Å². The number of nitrogens with one attached hydrogen (secondary N) is 1. The van der Waals surface area contributed by atoms with Crippen LogP contribution in [-0.2, 0) is 4.79 Å². The minimum atomic E-state index is -2.88. The Balaban J connectivity index is 2.62. The molecule has 0 aromatic rings. The Kier molecular flexibility index (Phi) is 3.19. The van der Waals surface area contributed by atoms with Crippen molar-refractivity contribution in [2.75, 3.05) is 13.1 Å². The lowest BCUT2D eigenvalue weighted by Crippen LogP contribution is -2.58. The quantitative estimate of drug-likeness (QED) is 0.654. The first-order valence-corrected chi connectivity index (χ1v) is 4.36. The Morgan fingerprint density at radius 2 is 2.15 bits per heavy atom. The maximum Gasteiger partial charge on any atom is 0.315 e. The van der Waals surface area contributed by atoms with E-state index in [2.05, 4.69) is 5.32 Å². The summed E-state index contributed by atoms with van der Waals surface area (Å²) < 4.78 is 24.2. The summed E-state index contributed by atoms with van der Waals surface area (Å²) in [6.45, 7) is 4.62. The van der Waals surface area contributed by atoms with E-state index in [0.29, 0.717) is 13.1 Å². The molecule has 2 atom stereocenters. The highest BCUT2D eigenvalue weighted by Crippen LogP contribution is 2.11. The molecule has 0 aromatic carbocycles. The van der Waals surface area contributed by atoms with Gasteiger partial charge in [0.25, 0.3) is 5.91 Å². The van der Waals surface area contributed by atoms with Crippen LogP contribution in [0.25, 0.3) is 0 Å². The van der Waals surface area contributed by atoms with E-state index in [1.165, 1.54) is 4.90 Å². The zero-order chi connectivity index (χ0) is 10.0. The van der Waals surface area contributed by atoms with Gasteiger partial charge in [-0.3, -0.25) is 4.79 Å². The molecule has 1 N–H and O–H groups in total. The highest BCUT2D eigenvalue weighted by Gasteiger charge is 2.32. The maximum atomic E-state index is 12.1. The van der Waals surface area contributed by atoms with Crippen molar-refractivity contribution in [2.45, 2.75) is 32.4 Å². The predicted molar refractivity (Wildman–Crippen MR) is 44.6 cm³/mol. The van der Waals surface area contributed by atoms with Crippen LogP contribution in [0.5, 0.6) is 0 Å². The third kappa shape index (κ3) is 2.15. The number of rotatable bonds is 1. The van der Waals surface area contributed by atoms with E-state index in [4.69, 9.17) is 0 Å². The molecule has 0 spiro atoms. The first kappa shape index (κ1) is 10.4. The van der Waals surface area contributed by atoms with Crippen molar-refractivity contribution in [3.05, 3.63) is 0 Å². The molecule has 5 heteroatoms. The van der Waals surface area contributed by atoms with Gasteiger partial charge in [-0.15, -0.1) is 0 Å². The van der Waals surface area contributed by atoms with Crippen LogP contribution in [0.15, 0.2) is 0 Å². The minimum absolute atomic E-state index is 0.0800. The number of piperazine rings is 1. The Morgan fingerprint density at radius 3 is 2.69 bits per heavy atom. The second-order valence-corrected chi connectivity index (χ2v) is 3.32. The molecule has 0 bridgehead atoms. The van der Waals surface area contributed by atoms with E-state index in [9.17, 15) is 13.6 Å². The standard InChI is InChI=1S/C8H14F2N2O/c1-5-6(2)12(4-3-11-5)8(13)7(9)10/h5-7,11H,3-4H2,1-2H3. The number of nitrogens with zero attached hydrogens (tertiary/aromatic N) is 1. The van der Waals surface area contributed by atoms with Crippen LogP contribution in [0.3, 0.4) is 0 Å². The fourth-order valence-electron chi connectivity index (χ4n) is 1.49. The Morgan fingerprint density at radius 1 is 1.54 bits per heavy atom. The molecule has 1 fully saturated rings. The largest absolute Gasteiger partial charge is 0.332 e. The van der Waals surface area contributed by atoms with Crippen LogP contribution in [0.1, 0.15) is 13.8 Å². The maximum absolute atomic E-state index is 12.1.